The van der Waals surface area contributed by atoms with Crippen molar-refractivity contribution < 1.29 is 9.47 Å². The van der Waals surface area contributed by atoms with Gasteiger partial charge < -0.3 is 9.47 Å². The van der Waals surface area contributed by atoms with Crippen LogP contribution < -0.4 is 0 Å². The van der Waals surface area contributed by atoms with Crippen molar-refractivity contribution in [3.8, 4) is 0 Å². The second-order valence-electron chi connectivity index (χ2n) is 3.02. The predicted molar refractivity (Wildman–Crippen MR) is 40.1 cm³/mol. The molecule has 0 spiro atoms. The van der Waals surface area contributed by atoms with Crippen LogP contribution in [0.1, 0.15) is 26.7 Å². The largest absolute Gasteiger partial charge is 0.376 e. The standard InChI is InChI=1S/C8H16O2/c1-7(2)10-6-8-4-3-5-9-8/h7-8H,3-6H2,1-2H3. The molecule has 0 aromatic rings. The SMILES string of the molecule is CC(C)OCC1CCCO1. The molecule has 0 radical (unpaired) electrons. The molecule has 0 amide bonds. The highest BCUT2D eigenvalue weighted by molar-refractivity contribution is 4.63. The van der Waals surface area contributed by atoms with Gasteiger partial charge in [-0.15, -0.1) is 0 Å². The molecular weight excluding hydrogens is 128 g/mol. The first-order valence-corrected chi connectivity index (χ1v) is 4.02. The molecule has 1 aliphatic rings. The average molecular weight is 144 g/mol. The fourth-order valence-electron chi connectivity index (χ4n) is 1.08. The average Bonchev–Trinajstić information content (AvgIpc) is 2.34. The van der Waals surface area contributed by atoms with E-state index in [1.165, 1.54) is 12.8 Å². The molecule has 0 saturated carbocycles. The Hall–Kier alpha value is -0.0800. The van der Waals surface area contributed by atoms with Crippen molar-refractivity contribution in [3.63, 3.8) is 0 Å². The molecule has 0 N–H and O–H groups in total. The second kappa shape index (κ2) is 3.94. The van der Waals surface area contributed by atoms with E-state index in [-0.39, 0.29) is 0 Å². The summed E-state index contributed by atoms with van der Waals surface area (Å²) in [5, 5.41) is 0. The Bertz CT molecular complexity index is 85.3. The van der Waals surface area contributed by atoms with Gasteiger partial charge in [0.05, 0.1) is 18.8 Å². The maximum Gasteiger partial charge on any atom is 0.0809 e. The lowest BCUT2D eigenvalue weighted by Gasteiger charge is -2.11. The van der Waals surface area contributed by atoms with E-state index >= 15 is 0 Å². The minimum absolute atomic E-state index is 0.337. The van der Waals surface area contributed by atoms with Crippen LogP contribution >= 0.6 is 0 Å². The minimum Gasteiger partial charge on any atom is -0.376 e. The fraction of sp³-hybridized carbons (Fsp3) is 1.00. The summed E-state index contributed by atoms with van der Waals surface area (Å²) in [6.45, 7) is 5.80. The Morgan fingerprint density at radius 3 is 2.90 bits per heavy atom. The van der Waals surface area contributed by atoms with Gasteiger partial charge in [-0.2, -0.15) is 0 Å². The molecule has 60 valence electrons. The third-order valence-corrected chi connectivity index (χ3v) is 1.64. The van der Waals surface area contributed by atoms with Gasteiger partial charge in [0, 0.05) is 6.61 Å². The monoisotopic (exact) mass is 144 g/mol. The molecule has 0 aliphatic carbocycles. The topological polar surface area (TPSA) is 18.5 Å². The summed E-state index contributed by atoms with van der Waals surface area (Å²) in [6, 6.07) is 0. The molecule has 1 heterocycles. The van der Waals surface area contributed by atoms with Crippen molar-refractivity contribution in [1.82, 2.24) is 0 Å². The number of hydrogen-bond acceptors (Lipinski definition) is 2. The van der Waals surface area contributed by atoms with Crippen LogP contribution in [0.5, 0.6) is 0 Å². The highest BCUT2D eigenvalue weighted by Crippen LogP contribution is 2.12. The van der Waals surface area contributed by atoms with E-state index in [0.29, 0.717) is 12.2 Å². The number of rotatable bonds is 3. The van der Waals surface area contributed by atoms with Crippen LogP contribution in [0.2, 0.25) is 0 Å². The van der Waals surface area contributed by atoms with Crippen LogP contribution in [-0.4, -0.2) is 25.4 Å². The quantitative estimate of drug-likeness (QED) is 0.599. The van der Waals surface area contributed by atoms with Gasteiger partial charge in [0.15, 0.2) is 0 Å². The van der Waals surface area contributed by atoms with E-state index < -0.39 is 0 Å². The van der Waals surface area contributed by atoms with E-state index in [2.05, 4.69) is 13.8 Å². The molecule has 1 rings (SSSR count). The first-order valence-electron chi connectivity index (χ1n) is 4.02. The lowest BCUT2D eigenvalue weighted by molar-refractivity contribution is -0.00761. The van der Waals surface area contributed by atoms with Gasteiger partial charge in [-0.25, -0.2) is 0 Å². The van der Waals surface area contributed by atoms with E-state index in [4.69, 9.17) is 9.47 Å². The van der Waals surface area contributed by atoms with Gasteiger partial charge in [0.2, 0.25) is 0 Å². The first-order chi connectivity index (χ1) is 4.79. The van der Waals surface area contributed by atoms with Crippen LogP contribution in [0.3, 0.4) is 0 Å². The summed E-state index contributed by atoms with van der Waals surface area (Å²) in [4.78, 5) is 0. The third-order valence-electron chi connectivity index (χ3n) is 1.64. The molecular formula is C8H16O2. The lowest BCUT2D eigenvalue weighted by Crippen LogP contribution is -2.17. The van der Waals surface area contributed by atoms with Crippen molar-refractivity contribution >= 4 is 0 Å². The molecule has 1 atom stereocenters. The number of ether oxygens (including phenoxy) is 2. The van der Waals surface area contributed by atoms with Crippen molar-refractivity contribution in [3.05, 3.63) is 0 Å². The highest BCUT2D eigenvalue weighted by atomic mass is 16.5. The zero-order valence-corrected chi connectivity index (χ0v) is 6.80. The molecule has 2 nitrogen and oxygen atoms in total. The maximum absolute atomic E-state index is 5.40. The summed E-state index contributed by atoms with van der Waals surface area (Å²) < 4.78 is 10.8. The Kier molecular flexibility index (Phi) is 3.16. The van der Waals surface area contributed by atoms with Crippen molar-refractivity contribution in [2.24, 2.45) is 0 Å². The Morgan fingerprint density at radius 1 is 1.60 bits per heavy atom. The predicted octanol–water partition coefficient (Wildman–Crippen LogP) is 1.59. The molecule has 1 saturated heterocycles. The number of hydrogen-bond donors (Lipinski definition) is 0. The van der Waals surface area contributed by atoms with Gasteiger partial charge in [0.1, 0.15) is 0 Å². The van der Waals surface area contributed by atoms with Crippen molar-refractivity contribution in [2.45, 2.75) is 38.9 Å². The molecule has 10 heavy (non-hydrogen) atoms. The summed E-state index contributed by atoms with van der Waals surface area (Å²) in [5.74, 6) is 0. The molecule has 2 heteroatoms. The van der Waals surface area contributed by atoms with Gasteiger partial charge in [0.25, 0.3) is 0 Å². The van der Waals surface area contributed by atoms with Gasteiger partial charge in [-0.1, -0.05) is 0 Å². The zero-order valence-electron chi connectivity index (χ0n) is 6.80. The zero-order chi connectivity index (χ0) is 7.40. The minimum atomic E-state index is 0.337. The second-order valence-corrected chi connectivity index (χ2v) is 3.02. The van der Waals surface area contributed by atoms with E-state index in [0.717, 1.165) is 13.2 Å². The Morgan fingerprint density at radius 2 is 2.40 bits per heavy atom. The maximum atomic E-state index is 5.40. The smallest absolute Gasteiger partial charge is 0.0809 e. The molecule has 0 aromatic heterocycles. The van der Waals surface area contributed by atoms with Crippen LogP contribution in [0.15, 0.2) is 0 Å². The van der Waals surface area contributed by atoms with Crippen LogP contribution in [0, 0.1) is 0 Å². The van der Waals surface area contributed by atoms with E-state index in [1.807, 2.05) is 0 Å². The highest BCUT2D eigenvalue weighted by Gasteiger charge is 2.15. The van der Waals surface area contributed by atoms with Crippen molar-refractivity contribution in [2.75, 3.05) is 13.2 Å². The van der Waals surface area contributed by atoms with E-state index in [9.17, 15) is 0 Å². The van der Waals surface area contributed by atoms with Crippen LogP contribution in [0.4, 0.5) is 0 Å². The van der Waals surface area contributed by atoms with Crippen LogP contribution in [-0.2, 0) is 9.47 Å². The summed E-state index contributed by atoms with van der Waals surface area (Å²) >= 11 is 0. The Balaban J connectivity index is 2.01. The summed E-state index contributed by atoms with van der Waals surface area (Å²) in [7, 11) is 0. The summed E-state index contributed by atoms with van der Waals surface area (Å²) in [5.41, 5.74) is 0. The van der Waals surface area contributed by atoms with Crippen molar-refractivity contribution in [1.29, 1.82) is 0 Å². The third kappa shape index (κ3) is 2.67. The molecule has 1 aliphatic heterocycles. The molecule has 0 bridgehead atoms. The molecule has 1 unspecified atom stereocenters. The normalized spacial score (nSPS) is 26.1. The van der Waals surface area contributed by atoms with E-state index in [1.54, 1.807) is 0 Å². The first kappa shape index (κ1) is 8.02. The molecule has 0 aromatic carbocycles. The Labute approximate surface area is 62.5 Å². The molecule has 1 fully saturated rings. The van der Waals surface area contributed by atoms with Gasteiger partial charge in [-0.3, -0.25) is 0 Å². The van der Waals surface area contributed by atoms with Gasteiger partial charge >= 0.3 is 0 Å². The van der Waals surface area contributed by atoms with Gasteiger partial charge in [-0.05, 0) is 26.7 Å². The summed E-state index contributed by atoms with van der Waals surface area (Å²) in [6.07, 6.45) is 3.09. The fourth-order valence-corrected chi connectivity index (χ4v) is 1.08. The lowest BCUT2D eigenvalue weighted by atomic mass is 10.2. The van der Waals surface area contributed by atoms with Crippen LogP contribution in [0.25, 0.3) is 0 Å².